The third-order valence-electron chi connectivity index (χ3n) is 1.03. The zero-order chi connectivity index (χ0) is 6.78. The molecule has 1 unspecified atom stereocenters. The van der Waals surface area contributed by atoms with Crippen molar-refractivity contribution in [2.45, 2.75) is 32.4 Å². The lowest BCUT2D eigenvalue weighted by Crippen LogP contribution is -2.21. The monoisotopic (exact) mass is 133 g/mol. The van der Waals surface area contributed by atoms with Gasteiger partial charge in [-0.2, -0.15) is 0 Å². The summed E-state index contributed by atoms with van der Waals surface area (Å²) in [7, 11) is -0.144. The van der Waals surface area contributed by atoms with E-state index in [1.807, 2.05) is 0 Å². The molecule has 8 heavy (non-hydrogen) atoms. The van der Waals surface area contributed by atoms with Gasteiger partial charge in [-0.3, -0.25) is 4.78 Å². The molecule has 0 rings (SSSR count). The van der Waals surface area contributed by atoms with Crippen molar-refractivity contribution in [3.63, 3.8) is 0 Å². The van der Waals surface area contributed by atoms with Crippen LogP contribution in [0.5, 0.6) is 0 Å². The van der Waals surface area contributed by atoms with Gasteiger partial charge in [-0.15, -0.1) is 0 Å². The lowest BCUT2D eigenvalue weighted by Gasteiger charge is -2.19. The summed E-state index contributed by atoms with van der Waals surface area (Å²) in [5.41, 5.74) is 0. The van der Waals surface area contributed by atoms with E-state index in [1.54, 1.807) is 0 Å². The highest BCUT2D eigenvalue weighted by atomic mass is 32.2. The van der Waals surface area contributed by atoms with Crippen LogP contribution in [0.2, 0.25) is 0 Å². The average molecular weight is 133 g/mol. The van der Waals surface area contributed by atoms with Gasteiger partial charge in [0.05, 0.1) is 0 Å². The van der Waals surface area contributed by atoms with E-state index >= 15 is 0 Å². The van der Waals surface area contributed by atoms with Crippen LogP contribution >= 0.6 is 0 Å². The molecule has 0 aromatic carbocycles. The van der Waals surface area contributed by atoms with Crippen LogP contribution in [0.4, 0.5) is 0 Å². The molecule has 0 bridgehead atoms. The summed E-state index contributed by atoms with van der Waals surface area (Å²) in [6.45, 7) is 8.42. The molecule has 0 heterocycles. The van der Waals surface area contributed by atoms with Crippen LogP contribution in [0, 0.1) is 4.78 Å². The normalized spacial score (nSPS) is 16.0. The molecule has 50 valence electrons. The van der Waals surface area contributed by atoms with Crippen molar-refractivity contribution in [1.29, 1.82) is 4.78 Å². The van der Waals surface area contributed by atoms with E-state index in [-0.39, 0.29) is 15.4 Å². The second-order valence-electron chi connectivity index (χ2n) is 2.79. The minimum Gasteiger partial charge on any atom is -0.280 e. The summed E-state index contributed by atoms with van der Waals surface area (Å²) in [6, 6.07) is 0. The Balaban J connectivity index is 3.82. The van der Waals surface area contributed by atoms with E-state index < -0.39 is 0 Å². The average Bonchev–Trinajstić information content (AvgIpc) is 1.62. The van der Waals surface area contributed by atoms with E-state index in [1.165, 1.54) is 0 Å². The molecule has 1 N–H and O–H groups in total. The fraction of sp³-hybridized carbons (Fsp3) is 1.00. The fourth-order valence-electron chi connectivity index (χ4n) is 0.433. The Kier molecular flexibility index (Phi) is 2.67. The Labute approximate surface area is 54.4 Å². The smallest absolute Gasteiger partial charge is 0.0180 e. The first-order valence-corrected chi connectivity index (χ1v) is 4.30. The first-order valence-electron chi connectivity index (χ1n) is 2.90. The zero-order valence-corrected chi connectivity index (χ0v) is 6.93. The molecule has 0 aromatic heterocycles. The van der Waals surface area contributed by atoms with Gasteiger partial charge < -0.3 is 0 Å². The van der Waals surface area contributed by atoms with Crippen molar-refractivity contribution in [2.75, 3.05) is 5.75 Å². The Bertz CT molecular complexity index is 91.2. The maximum Gasteiger partial charge on any atom is 0.0180 e. The molecule has 0 aliphatic heterocycles. The topological polar surface area (TPSA) is 23.9 Å². The van der Waals surface area contributed by atoms with Crippen LogP contribution in [-0.4, -0.2) is 10.5 Å². The SMILES string of the molecule is CCS(=N)C(C)(C)C. The van der Waals surface area contributed by atoms with Crippen molar-refractivity contribution in [1.82, 2.24) is 0 Å². The van der Waals surface area contributed by atoms with Crippen LogP contribution in [0.3, 0.4) is 0 Å². The molecular weight excluding hydrogens is 118 g/mol. The third-order valence-corrected chi connectivity index (χ3v) is 3.08. The Morgan fingerprint density at radius 3 is 1.75 bits per heavy atom. The molecule has 0 spiro atoms. The molecule has 1 atom stereocenters. The number of nitrogens with one attached hydrogen (secondary N) is 1. The number of hydrogen-bond acceptors (Lipinski definition) is 1. The Morgan fingerprint density at radius 2 is 1.75 bits per heavy atom. The van der Waals surface area contributed by atoms with Gasteiger partial charge in [0, 0.05) is 10.5 Å². The maximum atomic E-state index is 7.50. The summed E-state index contributed by atoms with van der Waals surface area (Å²) in [5.74, 6) is 0.990. The van der Waals surface area contributed by atoms with Crippen LogP contribution in [0.1, 0.15) is 27.7 Å². The molecule has 0 aliphatic rings. The molecule has 0 aliphatic carbocycles. The third kappa shape index (κ3) is 2.46. The van der Waals surface area contributed by atoms with Crippen molar-refractivity contribution in [2.24, 2.45) is 0 Å². The summed E-state index contributed by atoms with van der Waals surface area (Å²) in [6.07, 6.45) is 0. The van der Waals surface area contributed by atoms with Gasteiger partial charge in [0.2, 0.25) is 0 Å². The van der Waals surface area contributed by atoms with Crippen LogP contribution < -0.4 is 0 Å². The quantitative estimate of drug-likeness (QED) is 0.567. The molecule has 2 heteroatoms. The Morgan fingerprint density at radius 1 is 1.38 bits per heavy atom. The van der Waals surface area contributed by atoms with Crippen molar-refractivity contribution in [3.8, 4) is 0 Å². The lowest BCUT2D eigenvalue weighted by molar-refractivity contribution is 0.792. The van der Waals surface area contributed by atoms with E-state index in [0.717, 1.165) is 5.75 Å². The first-order chi connectivity index (χ1) is 3.48. The maximum absolute atomic E-state index is 7.50. The Hall–Kier alpha value is 0.150. The fourth-order valence-corrected chi connectivity index (χ4v) is 1.30. The first kappa shape index (κ1) is 8.15. The van der Waals surface area contributed by atoms with E-state index in [9.17, 15) is 0 Å². The standard InChI is InChI=1S/C6H15NS/c1-5-8(7)6(2,3)4/h7H,5H2,1-4H3. The van der Waals surface area contributed by atoms with Gasteiger partial charge in [0.15, 0.2) is 0 Å². The molecule has 0 saturated carbocycles. The van der Waals surface area contributed by atoms with E-state index in [2.05, 4.69) is 27.7 Å². The second-order valence-corrected chi connectivity index (χ2v) is 5.38. The van der Waals surface area contributed by atoms with Crippen LogP contribution in [-0.2, 0) is 10.7 Å². The molecule has 0 radical (unpaired) electrons. The molecule has 0 amide bonds. The van der Waals surface area contributed by atoms with E-state index in [0.29, 0.717) is 0 Å². The van der Waals surface area contributed by atoms with Gasteiger partial charge in [0.25, 0.3) is 0 Å². The summed E-state index contributed by atoms with van der Waals surface area (Å²) in [4.78, 5) is 0. The molecule has 0 saturated heterocycles. The zero-order valence-electron chi connectivity index (χ0n) is 6.12. The lowest BCUT2D eigenvalue weighted by atomic mass is 10.3. The number of rotatable bonds is 1. The second kappa shape index (κ2) is 2.62. The predicted octanol–water partition coefficient (Wildman–Crippen LogP) is 2.19. The largest absolute Gasteiger partial charge is 0.280 e. The highest BCUT2D eigenvalue weighted by Crippen LogP contribution is 2.10. The summed E-state index contributed by atoms with van der Waals surface area (Å²) >= 11 is 0. The van der Waals surface area contributed by atoms with Gasteiger partial charge in [-0.1, -0.05) is 38.4 Å². The predicted molar refractivity (Wildman–Crippen MR) is 40.4 cm³/mol. The van der Waals surface area contributed by atoms with Gasteiger partial charge in [-0.05, 0) is 0 Å². The van der Waals surface area contributed by atoms with E-state index in [4.69, 9.17) is 4.78 Å². The van der Waals surface area contributed by atoms with Crippen LogP contribution in [0.25, 0.3) is 0 Å². The molecule has 0 fully saturated rings. The van der Waals surface area contributed by atoms with Gasteiger partial charge >= 0.3 is 0 Å². The van der Waals surface area contributed by atoms with Crippen molar-refractivity contribution >= 4 is 10.7 Å². The van der Waals surface area contributed by atoms with Crippen molar-refractivity contribution < 1.29 is 0 Å². The summed E-state index contributed by atoms with van der Waals surface area (Å²) < 4.78 is 7.70. The highest BCUT2D eigenvalue weighted by molar-refractivity contribution is 7.87. The molecule has 0 aromatic rings. The molecular formula is C6H15NS. The van der Waals surface area contributed by atoms with Gasteiger partial charge in [-0.25, -0.2) is 0 Å². The van der Waals surface area contributed by atoms with Crippen molar-refractivity contribution in [3.05, 3.63) is 0 Å². The van der Waals surface area contributed by atoms with Crippen LogP contribution in [0.15, 0.2) is 0 Å². The minimum absolute atomic E-state index is 0.144. The molecule has 1 nitrogen and oxygen atoms in total. The number of hydrogen-bond donors (Lipinski definition) is 1. The highest BCUT2D eigenvalue weighted by Gasteiger charge is 2.12. The summed E-state index contributed by atoms with van der Waals surface area (Å²) in [5, 5.41) is 0. The van der Waals surface area contributed by atoms with Gasteiger partial charge in [0.1, 0.15) is 0 Å². The minimum atomic E-state index is -0.144.